The van der Waals surface area contributed by atoms with E-state index in [4.69, 9.17) is 9.72 Å². The Hall–Kier alpha value is -9.09. The topological polar surface area (TPSA) is 38.5 Å². The molecule has 3 heterocycles. The molecule has 0 radical (unpaired) electrons. The molecule has 422 valence electrons. The van der Waals surface area contributed by atoms with E-state index in [0.29, 0.717) is 11.5 Å². The minimum absolute atomic E-state index is 0.111. The first-order valence-corrected chi connectivity index (χ1v) is 30.3. The van der Waals surface area contributed by atoms with E-state index in [9.17, 15) is 0 Å². The Bertz CT molecular complexity index is 4460. The van der Waals surface area contributed by atoms with Gasteiger partial charge in [-0.05, 0) is 63.3 Å². The summed E-state index contributed by atoms with van der Waals surface area (Å²) in [6, 6.07) is 92.6. The number of ether oxygens (including phenoxy) is 1. The van der Waals surface area contributed by atoms with Gasteiger partial charge in [0, 0.05) is 17.4 Å². The molecule has 85 heavy (non-hydrogen) atoms. The number of benzene rings is 10. The van der Waals surface area contributed by atoms with Crippen LogP contribution in [0.15, 0.2) is 243 Å². The summed E-state index contributed by atoms with van der Waals surface area (Å²) in [5.41, 5.74) is 21.0. The zero-order chi connectivity index (χ0) is 58.8. The number of hydrogen-bond donors (Lipinski definition) is 0. The summed E-state index contributed by atoms with van der Waals surface area (Å²) in [5, 5.41) is 0. The molecule has 6 nitrogen and oxygen atoms in total. The fraction of sp³-hybridized carbons (Fsp3) is 0.154. The Morgan fingerprint density at radius 2 is 0.859 bits per heavy atom. The van der Waals surface area contributed by atoms with Crippen LogP contribution in [-0.4, -0.2) is 14.1 Å². The third kappa shape index (κ3) is 10.4. The number of aromatic nitrogens is 3. The van der Waals surface area contributed by atoms with Gasteiger partial charge in [-0.2, -0.15) is 0 Å². The molecule has 13 rings (SSSR count). The normalized spacial score (nSPS) is 12.6. The second kappa shape index (κ2) is 21.8. The summed E-state index contributed by atoms with van der Waals surface area (Å²) < 4.78 is 12.8. The van der Waals surface area contributed by atoms with Crippen molar-refractivity contribution in [3.05, 3.63) is 275 Å². The number of anilines is 6. The minimum Gasteiger partial charge on any atom is -0.0615 e. The average molecular weight is 1290 g/mol. The quantitative estimate of drug-likeness (QED) is 0.142. The fourth-order valence-electron chi connectivity index (χ4n) is 11.8. The smallest absolute Gasteiger partial charge is 0.0615 e. The van der Waals surface area contributed by atoms with Gasteiger partial charge in [-0.15, -0.1) is 0 Å². The van der Waals surface area contributed by atoms with Crippen molar-refractivity contribution in [1.82, 2.24) is 14.1 Å². The van der Waals surface area contributed by atoms with Crippen LogP contribution >= 0.6 is 0 Å². The van der Waals surface area contributed by atoms with Gasteiger partial charge in [-0.1, -0.05) is 117 Å². The first-order chi connectivity index (χ1) is 41.0. The number of pyridine rings is 1. The molecule has 2 aromatic heterocycles. The summed E-state index contributed by atoms with van der Waals surface area (Å²) in [6.45, 7) is 20.6. The molecule has 0 unspecified atom stereocenters. The van der Waals surface area contributed by atoms with Crippen molar-refractivity contribution in [2.45, 2.75) is 78.6 Å². The minimum atomic E-state index is -0.155. The number of imidazole rings is 1. The van der Waals surface area contributed by atoms with E-state index in [0.717, 1.165) is 105 Å². The molecule has 0 spiro atoms. The molecular weight excluding hydrogens is 1220 g/mol. The van der Waals surface area contributed by atoms with E-state index in [1.165, 1.54) is 16.7 Å². The van der Waals surface area contributed by atoms with Gasteiger partial charge in [0.25, 0.3) is 0 Å². The summed E-state index contributed by atoms with van der Waals surface area (Å²) in [7, 11) is 0. The van der Waals surface area contributed by atoms with Gasteiger partial charge in [0.15, 0.2) is 0 Å². The van der Waals surface area contributed by atoms with Gasteiger partial charge in [0.2, 0.25) is 0 Å². The van der Waals surface area contributed by atoms with Crippen molar-refractivity contribution in [3.63, 3.8) is 0 Å². The first kappa shape index (κ1) is 55.1. The van der Waals surface area contributed by atoms with Crippen LogP contribution in [0.3, 0.4) is 0 Å². The third-order valence-electron chi connectivity index (χ3n) is 16.2. The Kier molecular flexibility index (Phi) is 14.2. The fourth-order valence-corrected chi connectivity index (χ4v) is 12.8. The molecule has 7 heteroatoms. The van der Waals surface area contributed by atoms with Gasteiger partial charge in [-0.3, -0.25) is 0 Å². The van der Waals surface area contributed by atoms with Gasteiger partial charge >= 0.3 is 306 Å². The van der Waals surface area contributed by atoms with Gasteiger partial charge in [0.05, 0.1) is 5.69 Å². The van der Waals surface area contributed by atoms with Crippen LogP contribution in [0.1, 0.15) is 79.0 Å². The van der Waals surface area contributed by atoms with Crippen LogP contribution < -0.4 is 14.5 Å². The molecule has 0 fully saturated rings. The summed E-state index contributed by atoms with van der Waals surface area (Å²) >= 11 is 2.50. The van der Waals surface area contributed by atoms with E-state index in [2.05, 4.69) is 343 Å². The summed E-state index contributed by atoms with van der Waals surface area (Å²) in [6.07, 6.45) is 1.94. The molecule has 1 aliphatic rings. The number of rotatable bonds is 8. The van der Waals surface area contributed by atoms with E-state index < -0.39 is 0 Å². The van der Waals surface area contributed by atoms with Crippen molar-refractivity contribution in [2.24, 2.45) is 0 Å². The number of hydrogen-bond acceptors (Lipinski definition) is 4. The van der Waals surface area contributed by atoms with Gasteiger partial charge in [0.1, 0.15) is 0 Å². The molecule has 0 amide bonds. The van der Waals surface area contributed by atoms with Crippen LogP contribution in [0.5, 0.6) is 11.5 Å². The molecule has 1 aliphatic heterocycles. The Morgan fingerprint density at radius 1 is 0.388 bits per heavy atom. The molecule has 12 aromatic rings. The van der Waals surface area contributed by atoms with E-state index in [1.54, 1.807) is 0 Å². The molecule has 0 aliphatic carbocycles. The number of nitrogens with zero attached hydrogens (tertiary/aromatic N) is 5. The Labute approximate surface area is 511 Å². The van der Waals surface area contributed by atoms with Gasteiger partial charge in [-0.25, -0.2) is 0 Å². The van der Waals surface area contributed by atoms with Crippen molar-refractivity contribution >= 4 is 45.3 Å². The SMILES string of the molecule is CC(C)(C)c1cc(N2c3ccccc3-c3ccc(Oc4[c-]c(-n5[c](=[Pt])n(-c6c(-c7ccccc7)cccc6-c6ccccc6)c6ccccc65)ccc4)[c-]c3N(c3cc(C(C)(C)C)ccn3)c3ccccc3-c3ccccc32)cc(C(C)(C)C)c1. The predicted molar refractivity (Wildman–Crippen MR) is 349 cm³/mol. The zero-order valence-electron chi connectivity index (χ0n) is 49.6. The van der Waals surface area contributed by atoms with Crippen LogP contribution in [-0.2, 0) is 35.6 Å². The van der Waals surface area contributed by atoms with Crippen LogP contribution in [0.25, 0.3) is 66.9 Å². The molecule has 10 aromatic carbocycles. The predicted octanol–water partition coefficient (Wildman–Crippen LogP) is 21.1. The number of fused-ring (bicyclic) bond motifs is 7. The Balaban J connectivity index is 1.02. The average Bonchev–Trinajstić information content (AvgIpc) is 1.90. The number of para-hydroxylation sites is 6. The molecule has 0 bridgehead atoms. The third-order valence-corrected chi connectivity index (χ3v) is 17.2. The standard InChI is InChI=1S/C78H67N5O.Pt/c1-76(2,3)55-44-45-79-74(49-55)83-70-39-21-18-33-65(70)64-32-16-19-37-68(64)82(59-47-56(77(4,5)6)46-57(48-59)78(7,8)9)69-38-20-17-34-66(69)67-43-42-61(51-73(67)83)84-60-31-24-30-58(50-60)80-52-81(72-41-23-22-40-71(72)80)75-62(53-26-12-10-13-27-53)35-25-36-63(75)54-28-14-11-15-29-54;/h10-49H,1-9H3;/q-2;. The van der Waals surface area contributed by atoms with Crippen molar-refractivity contribution in [3.8, 4) is 67.4 Å². The maximum absolute atomic E-state index is 7.12. The van der Waals surface area contributed by atoms with Crippen LogP contribution in [0, 0.1) is 15.9 Å². The van der Waals surface area contributed by atoms with Crippen LogP contribution in [0.2, 0.25) is 0 Å². The van der Waals surface area contributed by atoms with E-state index in [1.807, 2.05) is 12.3 Å². The first-order valence-electron chi connectivity index (χ1n) is 29.2. The summed E-state index contributed by atoms with van der Waals surface area (Å²) in [5.74, 6) is 1.86. The van der Waals surface area contributed by atoms with E-state index in [-0.39, 0.29) is 16.2 Å². The monoisotopic (exact) mass is 1280 g/mol. The van der Waals surface area contributed by atoms with E-state index >= 15 is 0 Å². The Morgan fingerprint density at radius 3 is 1.42 bits per heavy atom. The molecule has 0 atom stereocenters. The second-order valence-electron chi connectivity index (χ2n) is 25.1. The van der Waals surface area contributed by atoms with Crippen molar-refractivity contribution < 1.29 is 24.1 Å². The van der Waals surface area contributed by atoms with Crippen molar-refractivity contribution in [1.29, 1.82) is 0 Å². The molecule has 0 saturated carbocycles. The summed E-state index contributed by atoms with van der Waals surface area (Å²) in [4.78, 5) is 10.0. The molecule has 0 saturated heterocycles. The second-order valence-corrected chi connectivity index (χ2v) is 26.1. The molecule has 0 N–H and O–H groups in total. The zero-order valence-corrected chi connectivity index (χ0v) is 51.8. The van der Waals surface area contributed by atoms with Crippen LogP contribution in [0.4, 0.5) is 34.3 Å². The maximum atomic E-state index is 7.12. The van der Waals surface area contributed by atoms with Crippen molar-refractivity contribution in [2.75, 3.05) is 9.80 Å². The molecular formula is C78H67N5OPt-2. The van der Waals surface area contributed by atoms with Gasteiger partial charge < -0.3 is 4.90 Å².